The van der Waals surface area contributed by atoms with Gasteiger partial charge in [0.15, 0.2) is 0 Å². The SMILES string of the molecule is CSc1cccc(-c2ccc(-c3cc(COCc4ccc(C(F)(F)F)o4)nn3-c3ccccc3Cl)s2)c1. The normalized spacial score (nSPS) is 11.8. The van der Waals surface area contributed by atoms with Gasteiger partial charge in [0.25, 0.3) is 0 Å². The van der Waals surface area contributed by atoms with Gasteiger partial charge in [-0.3, -0.25) is 0 Å². The lowest BCUT2D eigenvalue weighted by Gasteiger charge is -2.08. The van der Waals surface area contributed by atoms with Crippen molar-refractivity contribution in [2.45, 2.75) is 24.3 Å². The average Bonchev–Trinajstić information content (AvgIpc) is 3.64. The van der Waals surface area contributed by atoms with Crippen molar-refractivity contribution in [2.75, 3.05) is 6.26 Å². The third-order valence-corrected chi connectivity index (χ3v) is 7.69. The molecule has 0 radical (unpaired) electrons. The number of hydrogen-bond acceptors (Lipinski definition) is 5. The Labute approximate surface area is 224 Å². The number of ether oxygens (including phenoxy) is 1. The first-order chi connectivity index (χ1) is 17.8. The number of furan rings is 1. The third kappa shape index (κ3) is 5.80. The molecule has 37 heavy (non-hydrogen) atoms. The molecule has 0 unspecified atom stereocenters. The maximum atomic E-state index is 12.8. The first-order valence-corrected chi connectivity index (χ1v) is 13.6. The lowest BCUT2D eigenvalue weighted by molar-refractivity contribution is -0.153. The van der Waals surface area contributed by atoms with Crippen molar-refractivity contribution in [1.82, 2.24) is 9.78 Å². The summed E-state index contributed by atoms with van der Waals surface area (Å²) < 4.78 is 50.6. The van der Waals surface area contributed by atoms with Gasteiger partial charge in [0.05, 0.1) is 33.6 Å². The molecule has 0 saturated heterocycles. The summed E-state index contributed by atoms with van der Waals surface area (Å²) in [5, 5.41) is 5.24. The summed E-state index contributed by atoms with van der Waals surface area (Å²) in [6, 6.07) is 23.9. The molecule has 0 spiro atoms. The number of rotatable bonds is 8. The molecule has 0 amide bonds. The molecule has 0 fully saturated rings. The van der Waals surface area contributed by atoms with E-state index in [1.54, 1.807) is 33.8 Å². The zero-order valence-corrected chi connectivity index (χ0v) is 21.8. The van der Waals surface area contributed by atoms with Gasteiger partial charge in [-0.15, -0.1) is 23.1 Å². The lowest BCUT2D eigenvalue weighted by atomic mass is 10.2. The van der Waals surface area contributed by atoms with E-state index in [0.29, 0.717) is 16.4 Å². The highest BCUT2D eigenvalue weighted by Gasteiger charge is 2.34. The van der Waals surface area contributed by atoms with E-state index in [4.69, 9.17) is 25.9 Å². The van der Waals surface area contributed by atoms with Crippen LogP contribution in [0.5, 0.6) is 0 Å². The van der Waals surface area contributed by atoms with E-state index < -0.39 is 11.9 Å². The highest BCUT2D eigenvalue weighted by Crippen LogP contribution is 2.37. The van der Waals surface area contributed by atoms with Crippen molar-refractivity contribution < 1.29 is 22.3 Å². The molecule has 0 saturated carbocycles. The van der Waals surface area contributed by atoms with Gasteiger partial charge in [-0.25, -0.2) is 4.68 Å². The standard InChI is InChI=1S/C27H20ClF3N2O2S2/c1-36-20-6-4-5-17(13-20)24-10-11-25(37-24)23-14-18(32-33(23)22-8-3-2-7-21(22)28)15-34-16-19-9-12-26(35-19)27(29,30)31/h2-14H,15-16H2,1H3. The molecular weight excluding hydrogens is 541 g/mol. The van der Waals surface area contributed by atoms with Crippen LogP contribution in [0.1, 0.15) is 17.2 Å². The number of nitrogens with zero attached hydrogens (tertiary/aromatic N) is 2. The van der Waals surface area contributed by atoms with E-state index >= 15 is 0 Å². The Morgan fingerprint density at radius 3 is 2.54 bits per heavy atom. The van der Waals surface area contributed by atoms with Crippen LogP contribution in [0.2, 0.25) is 5.02 Å². The second kappa shape index (κ2) is 10.8. The van der Waals surface area contributed by atoms with Gasteiger partial charge in [-0.2, -0.15) is 18.3 Å². The van der Waals surface area contributed by atoms with Gasteiger partial charge >= 0.3 is 6.18 Å². The molecule has 0 aliphatic rings. The summed E-state index contributed by atoms with van der Waals surface area (Å²) in [6.07, 6.45) is -2.48. The van der Waals surface area contributed by atoms with E-state index in [9.17, 15) is 13.2 Å². The minimum absolute atomic E-state index is 0.0838. The maximum Gasteiger partial charge on any atom is 0.449 e. The number of aromatic nitrogens is 2. The Hall–Kier alpha value is -2.98. The monoisotopic (exact) mass is 560 g/mol. The topological polar surface area (TPSA) is 40.2 Å². The minimum atomic E-state index is -4.53. The fourth-order valence-electron chi connectivity index (χ4n) is 3.75. The summed E-state index contributed by atoms with van der Waals surface area (Å²) in [5.41, 5.74) is 3.29. The smallest absolute Gasteiger partial charge is 0.449 e. The molecule has 0 aliphatic carbocycles. The zero-order chi connectivity index (χ0) is 26.0. The Morgan fingerprint density at radius 1 is 0.973 bits per heavy atom. The van der Waals surface area contributed by atoms with Crippen molar-refractivity contribution in [3.8, 4) is 26.7 Å². The number of benzene rings is 2. The fourth-order valence-corrected chi connectivity index (χ4v) is 5.43. The average molecular weight is 561 g/mol. The highest BCUT2D eigenvalue weighted by molar-refractivity contribution is 7.98. The molecule has 0 atom stereocenters. The minimum Gasteiger partial charge on any atom is -0.454 e. The fraction of sp³-hybridized carbons (Fsp3) is 0.148. The van der Waals surface area contributed by atoms with Crippen molar-refractivity contribution in [3.63, 3.8) is 0 Å². The Morgan fingerprint density at radius 2 is 1.78 bits per heavy atom. The van der Waals surface area contributed by atoms with Gasteiger partial charge in [0.1, 0.15) is 12.4 Å². The molecule has 190 valence electrons. The predicted octanol–water partition coefficient (Wildman–Crippen LogP) is 8.97. The molecule has 10 heteroatoms. The van der Waals surface area contributed by atoms with Crippen LogP contribution in [0, 0.1) is 0 Å². The number of thiophene rings is 1. The Kier molecular flexibility index (Phi) is 7.48. The first-order valence-electron chi connectivity index (χ1n) is 11.1. The van der Waals surface area contributed by atoms with Crippen LogP contribution in [-0.2, 0) is 24.1 Å². The first kappa shape index (κ1) is 25.7. The number of alkyl halides is 3. The Balaban J connectivity index is 1.42. The predicted molar refractivity (Wildman–Crippen MR) is 141 cm³/mol. The molecule has 3 aromatic heterocycles. The van der Waals surface area contributed by atoms with E-state index in [2.05, 4.69) is 24.3 Å². The highest BCUT2D eigenvalue weighted by atomic mass is 35.5. The molecule has 0 N–H and O–H groups in total. The molecule has 4 nitrogen and oxygen atoms in total. The van der Waals surface area contributed by atoms with Crippen LogP contribution >= 0.6 is 34.7 Å². The summed E-state index contributed by atoms with van der Waals surface area (Å²) in [6.45, 7) is -0.0280. The van der Waals surface area contributed by atoms with Crippen LogP contribution < -0.4 is 0 Å². The van der Waals surface area contributed by atoms with Gasteiger partial charge in [-0.1, -0.05) is 35.9 Å². The molecular formula is C27H20ClF3N2O2S2. The largest absolute Gasteiger partial charge is 0.454 e. The van der Waals surface area contributed by atoms with Gasteiger partial charge in [-0.05, 0) is 66.4 Å². The molecule has 0 aliphatic heterocycles. The zero-order valence-electron chi connectivity index (χ0n) is 19.5. The molecule has 5 rings (SSSR count). The maximum absolute atomic E-state index is 12.8. The lowest BCUT2D eigenvalue weighted by Crippen LogP contribution is -2.02. The van der Waals surface area contributed by atoms with Crippen molar-refractivity contribution in [3.05, 3.63) is 101 Å². The summed E-state index contributed by atoms with van der Waals surface area (Å²) in [7, 11) is 0. The second-order valence-electron chi connectivity index (χ2n) is 8.04. The third-order valence-electron chi connectivity index (χ3n) is 5.49. The second-order valence-corrected chi connectivity index (χ2v) is 10.4. The molecule has 0 bridgehead atoms. The van der Waals surface area contributed by atoms with Gasteiger partial charge in [0, 0.05) is 9.77 Å². The summed E-state index contributed by atoms with van der Waals surface area (Å²) in [4.78, 5) is 3.30. The number of halogens is 4. The van der Waals surface area contributed by atoms with Crippen LogP contribution in [0.4, 0.5) is 13.2 Å². The van der Waals surface area contributed by atoms with E-state index in [1.165, 1.54) is 11.0 Å². The molecule has 3 heterocycles. The van der Waals surface area contributed by atoms with Crippen molar-refractivity contribution in [1.29, 1.82) is 0 Å². The van der Waals surface area contributed by atoms with Crippen LogP contribution in [0.15, 0.2) is 88.2 Å². The van der Waals surface area contributed by atoms with Gasteiger partial charge < -0.3 is 9.15 Å². The Bertz CT molecular complexity index is 1520. The number of hydrogen-bond donors (Lipinski definition) is 0. The molecule has 2 aromatic carbocycles. The number of para-hydroxylation sites is 1. The van der Waals surface area contributed by atoms with Crippen LogP contribution in [0.25, 0.3) is 26.7 Å². The number of thioether (sulfide) groups is 1. The van der Waals surface area contributed by atoms with Crippen molar-refractivity contribution >= 4 is 34.7 Å². The summed E-state index contributed by atoms with van der Waals surface area (Å²) >= 11 is 9.82. The van der Waals surface area contributed by atoms with E-state index in [1.807, 2.05) is 42.7 Å². The van der Waals surface area contributed by atoms with Gasteiger partial charge in [0.2, 0.25) is 5.76 Å². The van der Waals surface area contributed by atoms with Crippen LogP contribution in [-0.4, -0.2) is 16.0 Å². The van der Waals surface area contributed by atoms with Crippen molar-refractivity contribution in [2.24, 2.45) is 0 Å². The van der Waals surface area contributed by atoms with E-state index in [0.717, 1.165) is 27.1 Å². The summed E-state index contributed by atoms with van der Waals surface area (Å²) in [5.74, 6) is -0.957. The quantitative estimate of drug-likeness (QED) is 0.178. The van der Waals surface area contributed by atoms with Crippen LogP contribution in [0.3, 0.4) is 0 Å². The van der Waals surface area contributed by atoms with E-state index in [-0.39, 0.29) is 19.0 Å². The molecule has 5 aromatic rings.